The van der Waals surface area contributed by atoms with Gasteiger partial charge in [-0.25, -0.2) is 19.9 Å². The second-order valence-corrected chi connectivity index (χ2v) is 7.36. The second kappa shape index (κ2) is 8.40. The Morgan fingerprint density at radius 2 is 1.97 bits per heavy atom. The molecule has 1 saturated heterocycles. The van der Waals surface area contributed by atoms with Gasteiger partial charge in [-0.3, -0.25) is 0 Å². The lowest BCUT2D eigenvalue weighted by Crippen LogP contribution is -2.36. The first-order valence-electron chi connectivity index (χ1n) is 9.65. The minimum atomic E-state index is -0.390. The Bertz CT molecular complexity index is 951. The van der Waals surface area contributed by atoms with Crippen LogP contribution in [0.2, 0.25) is 0 Å². The molecule has 3 heterocycles. The van der Waals surface area contributed by atoms with E-state index in [0.29, 0.717) is 19.5 Å². The van der Waals surface area contributed by atoms with Crippen LogP contribution in [0.25, 0.3) is 11.1 Å². The highest BCUT2D eigenvalue weighted by atomic mass is 16.3. The molecule has 0 unspecified atom stereocenters. The van der Waals surface area contributed by atoms with Gasteiger partial charge >= 0.3 is 0 Å². The molecular formula is C21H25N7O. The highest BCUT2D eigenvalue weighted by molar-refractivity contribution is 5.74. The second-order valence-electron chi connectivity index (χ2n) is 7.36. The Labute approximate surface area is 170 Å². The fourth-order valence-corrected chi connectivity index (χ4v) is 3.62. The lowest BCUT2D eigenvalue weighted by Gasteiger charge is -2.26. The van der Waals surface area contributed by atoms with E-state index in [9.17, 15) is 5.11 Å². The van der Waals surface area contributed by atoms with Crippen molar-refractivity contribution in [2.45, 2.75) is 18.6 Å². The molecule has 2 N–H and O–H groups in total. The van der Waals surface area contributed by atoms with Crippen molar-refractivity contribution < 1.29 is 5.11 Å². The van der Waals surface area contributed by atoms with Gasteiger partial charge in [0.1, 0.15) is 30.1 Å². The van der Waals surface area contributed by atoms with E-state index < -0.39 is 6.10 Å². The maximum atomic E-state index is 10.3. The topological polar surface area (TPSA) is 90.3 Å². The van der Waals surface area contributed by atoms with Crippen LogP contribution in [0, 0.1) is 0 Å². The van der Waals surface area contributed by atoms with Crippen LogP contribution in [0.4, 0.5) is 17.5 Å². The summed E-state index contributed by atoms with van der Waals surface area (Å²) in [5.41, 5.74) is 2.01. The number of hydrogen-bond donors (Lipinski definition) is 2. The molecule has 0 bridgehead atoms. The molecular weight excluding hydrogens is 366 g/mol. The molecule has 1 aliphatic rings. The van der Waals surface area contributed by atoms with E-state index >= 15 is 0 Å². The molecule has 2 atom stereocenters. The van der Waals surface area contributed by atoms with Crippen LogP contribution in [0.1, 0.15) is 6.42 Å². The normalized spacial score (nSPS) is 18.7. The Hall–Kier alpha value is -3.26. The standard InChI is InChI=1S/C21H25N7O/c1-27(2)19-9-20(25-14-24-19)28-12-17(29)8-16(28)10-23-21-18(11-22-13-26-21)15-6-4-3-5-7-15/h3-7,9,11,13-14,16-17,29H,8,10,12H2,1-2H3,(H,22,23,26)/t16-,17-/m1/s1. The summed E-state index contributed by atoms with van der Waals surface area (Å²) < 4.78 is 0. The number of benzene rings is 1. The smallest absolute Gasteiger partial charge is 0.137 e. The summed E-state index contributed by atoms with van der Waals surface area (Å²) in [4.78, 5) is 21.4. The zero-order chi connectivity index (χ0) is 20.2. The molecule has 2 aromatic heterocycles. The molecule has 8 heteroatoms. The Morgan fingerprint density at radius 1 is 1.14 bits per heavy atom. The van der Waals surface area contributed by atoms with Crippen molar-refractivity contribution in [2.24, 2.45) is 0 Å². The third kappa shape index (κ3) is 4.27. The largest absolute Gasteiger partial charge is 0.391 e. The first kappa shape index (κ1) is 19.1. The monoisotopic (exact) mass is 391 g/mol. The predicted molar refractivity (Wildman–Crippen MR) is 114 cm³/mol. The maximum Gasteiger partial charge on any atom is 0.137 e. The van der Waals surface area contributed by atoms with E-state index in [1.165, 1.54) is 0 Å². The Morgan fingerprint density at radius 3 is 2.76 bits per heavy atom. The van der Waals surface area contributed by atoms with Gasteiger partial charge in [0.15, 0.2) is 0 Å². The zero-order valence-corrected chi connectivity index (χ0v) is 16.6. The van der Waals surface area contributed by atoms with Crippen molar-refractivity contribution in [1.82, 2.24) is 19.9 Å². The zero-order valence-electron chi connectivity index (χ0n) is 16.6. The van der Waals surface area contributed by atoms with Crippen molar-refractivity contribution >= 4 is 17.5 Å². The summed E-state index contributed by atoms with van der Waals surface area (Å²) in [6.45, 7) is 1.18. The Kier molecular flexibility index (Phi) is 5.53. The number of aliphatic hydroxyl groups excluding tert-OH is 1. The van der Waals surface area contributed by atoms with Gasteiger partial charge in [0, 0.05) is 45.0 Å². The van der Waals surface area contributed by atoms with Crippen LogP contribution in [-0.2, 0) is 0 Å². The number of aromatic nitrogens is 4. The average Bonchev–Trinajstić information content (AvgIpc) is 3.14. The number of aliphatic hydroxyl groups is 1. The molecule has 0 saturated carbocycles. The van der Waals surface area contributed by atoms with E-state index in [0.717, 1.165) is 28.6 Å². The number of hydrogen-bond acceptors (Lipinski definition) is 8. The highest BCUT2D eigenvalue weighted by Crippen LogP contribution is 2.28. The van der Waals surface area contributed by atoms with Crippen LogP contribution in [0.3, 0.4) is 0 Å². The molecule has 0 radical (unpaired) electrons. The number of anilines is 3. The van der Waals surface area contributed by atoms with Crippen LogP contribution in [0.15, 0.2) is 55.2 Å². The van der Waals surface area contributed by atoms with Crippen molar-refractivity contribution in [3.8, 4) is 11.1 Å². The molecule has 150 valence electrons. The van der Waals surface area contributed by atoms with E-state index in [4.69, 9.17) is 0 Å². The van der Waals surface area contributed by atoms with Gasteiger partial charge in [-0.1, -0.05) is 30.3 Å². The van der Waals surface area contributed by atoms with E-state index in [-0.39, 0.29) is 6.04 Å². The van der Waals surface area contributed by atoms with Crippen LogP contribution in [0.5, 0.6) is 0 Å². The lowest BCUT2D eigenvalue weighted by atomic mass is 10.1. The minimum absolute atomic E-state index is 0.0912. The molecule has 0 spiro atoms. The third-order valence-electron chi connectivity index (χ3n) is 5.09. The Balaban J connectivity index is 1.53. The minimum Gasteiger partial charge on any atom is -0.391 e. The summed E-state index contributed by atoms with van der Waals surface area (Å²) in [5, 5.41) is 13.7. The fourth-order valence-electron chi connectivity index (χ4n) is 3.62. The highest BCUT2D eigenvalue weighted by Gasteiger charge is 2.32. The summed E-state index contributed by atoms with van der Waals surface area (Å²) >= 11 is 0. The maximum absolute atomic E-state index is 10.3. The van der Waals surface area contributed by atoms with Gasteiger partial charge < -0.3 is 20.2 Å². The molecule has 29 heavy (non-hydrogen) atoms. The van der Waals surface area contributed by atoms with Gasteiger partial charge in [-0.15, -0.1) is 0 Å². The van der Waals surface area contributed by atoms with Crippen LogP contribution < -0.4 is 15.1 Å². The molecule has 1 aromatic carbocycles. The molecule has 0 amide bonds. The molecule has 4 rings (SSSR count). The van der Waals surface area contributed by atoms with Crippen molar-refractivity contribution in [3.63, 3.8) is 0 Å². The lowest BCUT2D eigenvalue weighted by molar-refractivity contribution is 0.194. The third-order valence-corrected chi connectivity index (χ3v) is 5.09. The number of rotatable bonds is 6. The van der Waals surface area contributed by atoms with E-state index in [2.05, 4.69) is 30.2 Å². The van der Waals surface area contributed by atoms with Gasteiger partial charge in [0.05, 0.1) is 12.1 Å². The number of β-amino-alcohol motifs (C(OH)–C–C–N with tert-alkyl or cyclic N) is 1. The van der Waals surface area contributed by atoms with Gasteiger partial charge in [0.2, 0.25) is 0 Å². The van der Waals surface area contributed by atoms with Crippen molar-refractivity contribution in [3.05, 3.63) is 55.2 Å². The molecule has 8 nitrogen and oxygen atoms in total. The first-order chi connectivity index (χ1) is 14.1. The SMILES string of the molecule is CN(C)c1cc(N2C[C@H](O)C[C@@H]2CNc2ncncc2-c2ccccc2)ncn1. The van der Waals surface area contributed by atoms with Gasteiger partial charge in [0.25, 0.3) is 0 Å². The first-order valence-corrected chi connectivity index (χ1v) is 9.65. The number of nitrogens with one attached hydrogen (secondary N) is 1. The summed E-state index contributed by atoms with van der Waals surface area (Å²) in [5.74, 6) is 2.44. The quantitative estimate of drug-likeness (QED) is 0.660. The van der Waals surface area contributed by atoms with Crippen LogP contribution in [-0.4, -0.2) is 64.4 Å². The van der Waals surface area contributed by atoms with Gasteiger partial charge in [-0.2, -0.15) is 0 Å². The number of nitrogens with zero attached hydrogens (tertiary/aromatic N) is 6. The summed E-state index contributed by atoms with van der Waals surface area (Å²) in [6.07, 6.45) is 5.21. The molecule has 0 aliphatic carbocycles. The van der Waals surface area contributed by atoms with E-state index in [1.807, 2.05) is 61.6 Å². The molecule has 1 aliphatic heterocycles. The molecule has 3 aromatic rings. The van der Waals surface area contributed by atoms with Crippen molar-refractivity contribution in [2.75, 3.05) is 42.3 Å². The summed E-state index contributed by atoms with van der Waals surface area (Å²) in [6, 6.07) is 12.1. The summed E-state index contributed by atoms with van der Waals surface area (Å²) in [7, 11) is 3.90. The van der Waals surface area contributed by atoms with Crippen LogP contribution >= 0.6 is 0 Å². The predicted octanol–water partition coefficient (Wildman–Crippen LogP) is 2.05. The van der Waals surface area contributed by atoms with Gasteiger partial charge in [-0.05, 0) is 12.0 Å². The van der Waals surface area contributed by atoms with Crippen molar-refractivity contribution in [1.29, 1.82) is 0 Å². The fraction of sp³-hybridized carbons (Fsp3) is 0.333. The average molecular weight is 391 g/mol. The molecule has 1 fully saturated rings. The van der Waals surface area contributed by atoms with E-state index in [1.54, 1.807) is 12.7 Å².